The molecule has 2 amide bonds. The fourth-order valence-electron chi connectivity index (χ4n) is 1.66. The molecule has 0 aliphatic carbocycles. The van der Waals surface area contributed by atoms with E-state index in [1.807, 2.05) is 36.6 Å². The van der Waals surface area contributed by atoms with Gasteiger partial charge in [-0.3, -0.25) is 0 Å². The Bertz CT molecular complexity index is 382. The van der Waals surface area contributed by atoms with Crippen molar-refractivity contribution < 1.29 is 9.90 Å². The number of rotatable bonds is 7. The Kier molecular flexibility index (Phi) is 6.73. The lowest BCUT2D eigenvalue weighted by Gasteiger charge is -2.22. The summed E-state index contributed by atoms with van der Waals surface area (Å²) in [6, 6.07) is 9.75. The van der Waals surface area contributed by atoms with Crippen LogP contribution in [0.15, 0.2) is 30.3 Å². The van der Waals surface area contributed by atoms with E-state index >= 15 is 0 Å². The smallest absolute Gasteiger partial charge is 0.314 e. The highest BCUT2D eigenvalue weighted by molar-refractivity contribution is 7.98. The lowest BCUT2D eigenvalue weighted by atomic mass is 10.1. The predicted octanol–water partition coefficient (Wildman–Crippen LogP) is 1.64. The molecule has 0 fully saturated rings. The molecule has 1 aromatic rings. The van der Waals surface area contributed by atoms with E-state index in [1.54, 1.807) is 18.7 Å². The maximum absolute atomic E-state index is 11.5. The quantitative estimate of drug-likeness (QED) is 0.712. The van der Waals surface area contributed by atoms with Gasteiger partial charge in [0.05, 0.1) is 5.60 Å². The Morgan fingerprint density at radius 1 is 1.32 bits per heavy atom. The summed E-state index contributed by atoms with van der Waals surface area (Å²) in [6.07, 6.45) is 2.73. The molecule has 0 aliphatic rings. The van der Waals surface area contributed by atoms with Gasteiger partial charge < -0.3 is 15.7 Å². The Morgan fingerprint density at radius 3 is 2.63 bits per heavy atom. The Balaban J connectivity index is 2.18. The van der Waals surface area contributed by atoms with Crippen molar-refractivity contribution in [2.24, 2.45) is 0 Å². The number of aliphatic hydroxyl groups is 1. The molecule has 0 radical (unpaired) electrons. The van der Waals surface area contributed by atoms with Gasteiger partial charge in [0.15, 0.2) is 0 Å². The van der Waals surface area contributed by atoms with E-state index in [-0.39, 0.29) is 12.6 Å². The summed E-state index contributed by atoms with van der Waals surface area (Å²) in [5.41, 5.74) is 0.327. The van der Waals surface area contributed by atoms with Gasteiger partial charge in [0.2, 0.25) is 0 Å². The number of nitrogens with one attached hydrogen (secondary N) is 2. The average molecular weight is 282 g/mol. The first kappa shape index (κ1) is 15.9. The fraction of sp³-hybridized carbons (Fsp3) is 0.500. The highest BCUT2D eigenvalue weighted by Gasteiger charge is 2.20. The van der Waals surface area contributed by atoms with Gasteiger partial charge in [0, 0.05) is 18.8 Å². The number of urea groups is 1. The number of amides is 2. The molecule has 0 aliphatic heterocycles. The highest BCUT2D eigenvalue weighted by Crippen LogP contribution is 2.08. The van der Waals surface area contributed by atoms with Crippen molar-refractivity contribution in [2.45, 2.75) is 18.9 Å². The van der Waals surface area contributed by atoms with Crippen LogP contribution in [-0.2, 0) is 6.42 Å². The number of hydrogen-bond donors (Lipinski definition) is 3. The zero-order valence-electron chi connectivity index (χ0n) is 11.5. The molecule has 1 unspecified atom stereocenters. The molecular weight excluding hydrogens is 260 g/mol. The maximum atomic E-state index is 11.5. The zero-order chi connectivity index (χ0) is 14.1. The number of benzene rings is 1. The second-order valence-electron chi connectivity index (χ2n) is 4.78. The topological polar surface area (TPSA) is 61.4 Å². The summed E-state index contributed by atoms with van der Waals surface area (Å²) >= 11 is 1.55. The van der Waals surface area contributed by atoms with E-state index in [0.29, 0.717) is 12.3 Å². The van der Waals surface area contributed by atoms with E-state index in [4.69, 9.17) is 0 Å². The third-order valence-electron chi connectivity index (χ3n) is 2.63. The molecule has 1 aromatic carbocycles. The lowest BCUT2D eigenvalue weighted by molar-refractivity contribution is 0.0869. The molecule has 4 nitrogen and oxygen atoms in total. The van der Waals surface area contributed by atoms with Crippen LogP contribution >= 0.6 is 11.8 Å². The number of thioether (sulfide) groups is 1. The van der Waals surface area contributed by atoms with E-state index in [1.165, 1.54) is 5.56 Å². The minimum absolute atomic E-state index is 0.239. The van der Waals surface area contributed by atoms with Crippen LogP contribution < -0.4 is 10.6 Å². The SMILES string of the molecule is CSCC(C)(O)CNC(=O)NCCc1ccccc1. The van der Waals surface area contributed by atoms with Crippen molar-refractivity contribution in [2.75, 3.05) is 25.1 Å². The van der Waals surface area contributed by atoms with Gasteiger partial charge in [-0.25, -0.2) is 4.79 Å². The molecule has 3 N–H and O–H groups in total. The molecule has 1 atom stereocenters. The van der Waals surface area contributed by atoms with Crippen LogP contribution in [0, 0.1) is 0 Å². The zero-order valence-corrected chi connectivity index (χ0v) is 12.3. The fourth-order valence-corrected chi connectivity index (χ4v) is 2.38. The van der Waals surface area contributed by atoms with Crippen molar-refractivity contribution in [1.82, 2.24) is 10.6 Å². The van der Waals surface area contributed by atoms with Crippen LogP contribution in [0.5, 0.6) is 0 Å². The first-order valence-electron chi connectivity index (χ1n) is 6.30. The first-order chi connectivity index (χ1) is 9.03. The van der Waals surface area contributed by atoms with E-state index in [2.05, 4.69) is 10.6 Å². The van der Waals surface area contributed by atoms with Crippen molar-refractivity contribution in [3.63, 3.8) is 0 Å². The molecule has 0 spiro atoms. The lowest BCUT2D eigenvalue weighted by Crippen LogP contribution is -2.46. The Morgan fingerprint density at radius 2 is 2.00 bits per heavy atom. The highest BCUT2D eigenvalue weighted by atomic mass is 32.2. The number of carbonyl (C=O) groups excluding carboxylic acids is 1. The summed E-state index contributed by atoms with van der Waals surface area (Å²) in [6.45, 7) is 2.55. The van der Waals surface area contributed by atoms with Gasteiger partial charge in [-0.2, -0.15) is 11.8 Å². The molecule has 19 heavy (non-hydrogen) atoms. The van der Waals surface area contributed by atoms with Crippen LogP contribution in [0.25, 0.3) is 0 Å². The molecule has 0 heterocycles. The van der Waals surface area contributed by atoms with Gasteiger partial charge in [0.1, 0.15) is 0 Å². The molecule has 1 rings (SSSR count). The van der Waals surface area contributed by atoms with Gasteiger partial charge in [-0.05, 0) is 25.2 Å². The van der Waals surface area contributed by atoms with Gasteiger partial charge in [0.25, 0.3) is 0 Å². The summed E-state index contributed by atoms with van der Waals surface area (Å²) in [5.74, 6) is 0.595. The largest absolute Gasteiger partial charge is 0.387 e. The third kappa shape index (κ3) is 7.08. The van der Waals surface area contributed by atoms with E-state index in [9.17, 15) is 9.90 Å². The molecule has 106 valence electrons. The summed E-state index contributed by atoms with van der Waals surface area (Å²) < 4.78 is 0. The van der Waals surface area contributed by atoms with Crippen LogP contribution in [0.1, 0.15) is 12.5 Å². The van der Waals surface area contributed by atoms with Crippen LogP contribution in [-0.4, -0.2) is 41.8 Å². The van der Waals surface area contributed by atoms with E-state index in [0.717, 1.165) is 6.42 Å². The Labute approximate surface area is 119 Å². The van der Waals surface area contributed by atoms with Crippen molar-refractivity contribution >= 4 is 17.8 Å². The summed E-state index contributed by atoms with van der Waals surface area (Å²) in [7, 11) is 0. The average Bonchev–Trinajstić information content (AvgIpc) is 2.38. The third-order valence-corrected chi connectivity index (χ3v) is 3.54. The molecular formula is C14H22N2O2S. The molecule has 0 bridgehead atoms. The summed E-state index contributed by atoms with van der Waals surface area (Å²) in [4.78, 5) is 11.5. The molecule has 0 saturated heterocycles. The molecule has 0 saturated carbocycles. The predicted molar refractivity (Wildman–Crippen MR) is 80.6 cm³/mol. The monoisotopic (exact) mass is 282 g/mol. The minimum atomic E-state index is -0.865. The van der Waals surface area contributed by atoms with Gasteiger partial charge in [-0.1, -0.05) is 30.3 Å². The minimum Gasteiger partial charge on any atom is -0.387 e. The number of carbonyl (C=O) groups is 1. The van der Waals surface area contributed by atoms with E-state index < -0.39 is 5.60 Å². The van der Waals surface area contributed by atoms with Crippen LogP contribution in [0.4, 0.5) is 4.79 Å². The van der Waals surface area contributed by atoms with Crippen molar-refractivity contribution in [3.8, 4) is 0 Å². The van der Waals surface area contributed by atoms with Crippen molar-refractivity contribution in [1.29, 1.82) is 0 Å². The second kappa shape index (κ2) is 8.07. The molecule has 0 aromatic heterocycles. The normalized spacial score (nSPS) is 13.6. The van der Waals surface area contributed by atoms with Crippen LogP contribution in [0.3, 0.4) is 0 Å². The van der Waals surface area contributed by atoms with Gasteiger partial charge >= 0.3 is 6.03 Å². The van der Waals surface area contributed by atoms with Crippen molar-refractivity contribution in [3.05, 3.63) is 35.9 Å². The standard InChI is InChI=1S/C14H22N2O2S/c1-14(18,11-19-2)10-16-13(17)15-9-8-12-6-4-3-5-7-12/h3-7,18H,8-11H2,1-2H3,(H2,15,16,17). The molecule has 5 heteroatoms. The maximum Gasteiger partial charge on any atom is 0.314 e. The Hall–Kier alpha value is -1.20. The number of hydrogen-bond acceptors (Lipinski definition) is 3. The van der Waals surface area contributed by atoms with Crippen LogP contribution in [0.2, 0.25) is 0 Å². The first-order valence-corrected chi connectivity index (χ1v) is 7.70. The van der Waals surface area contributed by atoms with Gasteiger partial charge in [-0.15, -0.1) is 0 Å². The summed E-state index contributed by atoms with van der Waals surface area (Å²) in [5, 5.41) is 15.4. The second-order valence-corrected chi connectivity index (χ2v) is 5.64.